The van der Waals surface area contributed by atoms with E-state index in [4.69, 9.17) is 0 Å². The first-order valence-corrected chi connectivity index (χ1v) is 7.32. The number of rotatable bonds is 3. The van der Waals surface area contributed by atoms with Crippen molar-refractivity contribution in [2.45, 2.75) is 18.6 Å². The zero-order chi connectivity index (χ0) is 13.9. The van der Waals surface area contributed by atoms with E-state index < -0.39 is 6.10 Å². The van der Waals surface area contributed by atoms with E-state index in [1.165, 1.54) is 0 Å². The third-order valence-corrected chi connectivity index (χ3v) is 4.06. The van der Waals surface area contributed by atoms with Crippen molar-refractivity contribution < 1.29 is 9.90 Å². The molecule has 112 valence electrons. The summed E-state index contributed by atoms with van der Waals surface area (Å²) in [5.41, 5.74) is 1.73. The van der Waals surface area contributed by atoms with Gasteiger partial charge in [-0.05, 0) is 18.6 Å². The first-order chi connectivity index (χ1) is 9.72. The standard InChI is InChI=1S/C14H15N3O2S.ClH/c18-11-7-12(16-8-11)13(19)17-10-3-1-2-9(6-10)14-15-4-5-20-14;/h1-6,11-12,16,18H,7-8H2,(H,17,19);1H. The van der Waals surface area contributed by atoms with E-state index in [1.807, 2.05) is 29.6 Å². The molecule has 2 aromatic rings. The number of aliphatic hydroxyl groups excluding tert-OH is 1. The maximum atomic E-state index is 12.1. The molecule has 1 amide bonds. The Morgan fingerprint density at radius 3 is 3.00 bits per heavy atom. The van der Waals surface area contributed by atoms with Crippen molar-refractivity contribution in [2.75, 3.05) is 11.9 Å². The Balaban J connectivity index is 0.00000161. The molecule has 0 bridgehead atoms. The second-order valence-electron chi connectivity index (χ2n) is 4.76. The van der Waals surface area contributed by atoms with Gasteiger partial charge in [0.15, 0.2) is 0 Å². The predicted octanol–water partition coefficient (Wildman–Crippen LogP) is 1.89. The average Bonchev–Trinajstić information content (AvgIpc) is 3.10. The normalized spacial score (nSPS) is 20.8. The number of halogens is 1. The molecule has 2 atom stereocenters. The van der Waals surface area contributed by atoms with Gasteiger partial charge < -0.3 is 15.7 Å². The van der Waals surface area contributed by atoms with Crippen LogP contribution in [0.2, 0.25) is 0 Å². The summed E-state index contributed by atoms with van der Waals surface area (Å²) in [5.74, 6) is -0.113. The number of benzene rings is 1. The number of aromatic nitrogens is 1. The largest absolute Gasteiger partial charge is 0.392 e. The molecule has 2 heterocycles. The highest BCUT2D eigenvalue weighted by Gasteiger charge is 2.27. The summed E-state index contributed by atoms with van der Waals surface area (Å²) in [6.07, 6.45) is 1.78. The number of hydrogen-bond donors (Lipinski definition) is 3. The number of aliphatic hydroxyl groups is 1. The first kappa shape index (κ1) is 15.9. The smallest absolute Gasteiger partial charge is 0.241 e. The number of thiazole rings is 1. The number of anilines is 1. The van der Waals surface area contributed by atoms with Crippen molar-refractivity contribution in [1.82, 2.24) is 10.3 Å². The number of nitrogens with zero attached hydrogens (tertiary/aromatic N) is 1. The van der Waals surface area contributed by atoms with E-state index in [2.05, 4.69) is 15.6 Å². The van der Waals surface area contributed by atoms with Gasteiger partial charge >= 0.3 is 0 Å². The third-order valence-electron chi connectivity index (χ3n) is 3.23. The molecule has 1 aromatic heterocycles. The summed E-state index contributed by atoms with van der Waals surface area (Å²) in [6, 6.07) is 7.28. The monoisotopic (exact) mass is 325 g/mol. The Hall–Kier alpha value is -1.47. The fraction of sp³-hybridized carbons (Fsp3) is 0.286. The number of hydrogen-bond acceptors (Lipinski definition) is 5. The minimum absolute atomic E-state index is 0. The van der Waals surface area contributed by atoms with Crippen LogP contribution in [0.15, 0.2) is 35.8 Å². The number of amides is 1. The van der Waals surface area contributed by atoms with Crippen LogP contribution in [0, 0.1) is 0 Å². The number of carbonyl (C=O) groups is 1. The van der Waals surface area contributed by atoms with Crippen LogP contribution in [-0.2, 0) is 4.79 Å². The van der Waals surface area contributed by atoms with Gasteiger partial charge in [-0.25, -0.2) is 4.98 Å². The maximum Gasteiger partial charge on any atom is 0.241 e. The van der Waals surface area contributed by atoms with Crippen LogP contribution in [-0.4, -0.2) is 34.7 Å². The Bertz CT molecular complexity index is 606. The van der Waals surface area contributed by atoms with Gasteiger partial charge in [-0.1, -0.05) is 12.1 Å². The topological polar surface area (TPSA) is 74.2 Å². The molecule has 2 unspecified atom stereocenters. The molecule has 7 heteroatoms. The molecule has 3 rings (SSSR count). The first-order valence-electron chi connectivity index (χ1n) is 6.44. The molecule has 0 saturated carbocycles. The van der Waals surface area contributed by atoms with Crippen molar-refractivity contribution in [3.8, 4) is 10.6 Å². The van der Waals surface area contributed by atoms with Gasteiger partial charge in [0.2, 0.25) is 5.91 Å². The van der Waals surface area contributed by atoms with Gasteiger partial charge in [0.05, 0.1) is 12.1 Å². The summed E-state index contributed by atoms with van der Waals surface area (Å²) in [5, 5.41) is 18.1. The second-order valence-corrected chi connectivity index (χ2v) is 5.65. The van der Waals surface area contributed by atoms with Crippen LogP contribution in [0.3, 0.4) is 0 Å². The highest BCUT2D eigenvalue weighted by Crippen LogP contribution is 2.24. The van der Waals surface area contributed by atoms with Gasteiger partial charge in [0, 0.05) is 29.4 Å². The maximum absolute atomic E-state index is 12.1. The second kappa shape index (κ2) is 7.00. The number of nitrogens with one attached hydrogen (secondary N) is 2. The summed E-state index contributed by atoms with van der Waals surface area (Å²) in [6.45, 7) is 0.469. The van der Waals surface area contributed by atoms with Crippen LogP contribution in [0.1, 0.15) is 6.42 Å². The van der Waals surface area contributed by atoms with Crippen molar-refractivity contribution in [3.05, 3.63) is 35.8 Å². The lowest BCUT2D eigenvalue weighted by atomic mass is 10.1. The number of carbonyl (C=O) groups excluding carboxylic acids is 1. The van der Waals surface area contributed by atoms with Crippen molar-refractivity contribution >= 4 is 35.3 Å². The van der Waals surface area contributed by atoms with Crippen molar-refractivity contribution in [2.24, 2.45) is 0 Å². The molecule has 5 nitrogen and oxygen atoms in total. The lowest BCUT2D eigenvalue weighted by Gasteiger charge is -2.11. The van der Waals surface area contributed by atoms with Crippen LogP contribution in [0.5, 0.6) is 0 Å². The fourth-order valence-electron chi connectivity index (χ4n) is 2.24. The molecule has 0 spiro atoms. The van der Waals surface area contributed by atoms with Crippen LogP contribution >= 0.6 is 23.7 Å². The van der Waals surface area contributed by atoms with Gasteiger partial charge in [0.1, 0.15) is 5.01 Å². The fourth-order valence-corrected chi connectivity index (χ4v) is 2.88. The molecule has 3 N–H and O–H groups in total. The van der Waals surface area contributed by atoms with E-state index >= 15 is 0 Å². The SMILES string of the molecule is Cl.O=C(Nc1cccc(-c2nccs2)c1)C1CC(O)CN1. The van der Waals surface area contributed by atoms with Crippen LogP contribution in [0.25, 0.3) is 10.6 Å². The van der Waals surface area contributed by atoms with Crippen molar-refractivity contribution in [3.63, 3.8) is 0 Å². The van der Waals surface area contributed by atoms with E-state index in [1.54, 1.807) is 17.5 Å². The molecule has 1 aromatic carbocycles. The highest BCUT2D eigenvalue weighted by molar-refractivity contribution is 7.13. The minimum Gasteiger partial charge on any atom is -0.392 e. The van der Waals surface area contributed by atoms with Crippen LogP contribution in [0.4, 0.5) is 5.69 Å². The summed E-state index contributed by atoms with van der Waals surface area (Å²) in [4.78, 5) is 16.3. The van der Waals surface area contributed by atoms with Crippen molar-refractivity contribution in [1.29, 1.82) is 0 Å². The molecule has 1 fully saturated rings. The van der Waals surface area contributed by atoms with Gasteiger partial charge in [-0.3, -0.25) is 4.79 Å². The Morgan fingerprint density at radius 2 is 2.33 bits per heavy atom. The van der Waals surface area contributed by atoms with Crippen LogP contribution < -0.4 is 10.6 Å². The molecule has 1 saturated heterocycles. The average molecular weight is 326 g/mol. The van der Waals surface area contributed by atoms with E-state index in [0.29, 0.717) is 13.0 Å². The summed E-state index contributed by atoms with van der Waals surface area (Å²) in [7, 11) is 0. The molecule has 1 aliphatic rings. The van der Waals surface area contributed by atoms with Gasteiger partial charge in [0.25, 0.3) is 0 Å². The van der Waals surface area contributed by atoms with Gasteiger partial charge in [-0.2, -0.15) is 0 Å². The Labute approximate surface area is 132 Å². The van der Waals surface area contributed by atoms with E-state index in [-0.39, 0.29) is 24.4 Å². The summed E-state index contributed by atoms with van der Waals surface area (Å²) < 4.78 is 0. The molecular formula is C14H16ClN3O2S. The number of β-amino-alcohol motifs (C(OH)–C–C–N with tert-alkyl or cyclic N) is 1. The highest BCUT2D eigenvalue weighted by atomic mass is 35.5. The molecule has 21 heavy (non-hydrogen) atoms. The molecule has 0 radical (unpaired) electrons. The van der Waals surface area contributed by atoms with E-state index in [0.717, 1.165) is 16.3 Å². The quantitative estimate of drug-likeness (QED) is 0.805. The zero-order valence-electron chi connectivity index (χ0n) is 11.2. The lowest BCUT2D eigenvalue weighted by Crippen LogP contribution is -2.35. The Kier molecular flexibility index (Phi) is 5.30. The summed E-state index contributed by atoms with van der Waals surface area (Å²) >= 11 is 1.56. The molecule has 0 aliphatic carbocycles. The molecule has 1 aliphatic heterocycles. The zero-order valence-corrected chi connectivity index (χ0v) is 12.8. The van der Waals surface area contributed by atoms with Gasteiger partial charge in [-0.15, -0.1) is 23.7 Å². The van der Waals surface area contributed by atoms with E-state index in [9.17, 15) is 9.90 Å². The minimum atomic E-state index is -0.438. The Morgan fingerprint density at radius 1 is 1.48 bits per heavy atom. The third kappa shape index (κ3) is 3.79. The predicted molar refractivity (Wildman–Crippen MR) is 85.8 cm³/mol. The lowest BCUT2D eigenvalue weighted by molar-refractivity contribution is -0.117. The molecular weight excluding hydrogens is 310 g/mol.